The summed E-state index contributed by atoms with van der Waals surface area (Å²) < 4.78 is 0. The molecule has 0 bridgehead atoms. The molecule has 1 spiro atoms. The summed E-state index contributed by atoms with van der Waals surface area (Å²) in [5, 5.41) is 10.1. The van der Waals surface area contributed by atoms with Crippen LogP contribution in [-0.2, 0) is 11.2 Å². The van der Waals surface area contributed by atoms with Crippen LogP contribution in [0, 0.1) is 12.3 Å². The highest BCUT2D eigenvalue weighted by molar-refractivity contribution is 5.76. The molecule has 2 fully saturated rings. The smallest absolute Gasteiger partial charge is 0.222 e. The van der Waals surface area contributed by atoms with Gasteiger partial charge in [-0.05, 0) is 56.2 Å². The fourth-order valence-electron chi connectivity index (χ4n) is 4.51. The Morgan fingerprint density at radius 1 is 1.29 bits per heavy atom. The monoisotopic (exact) mass is 330 g/mol. The van der Waals surface area contributed by atoms with E-state index in [0.717, 1.165) is 51.9 Å². The first-order chi connectivity index (χ1) is 11.5. The van der Waals surface area contributed by atoms with Crippen LogP contribution in [0.1, 0.15) is 36.8 Å². The zero-order valence-electron chi connectivity index (χ0n) is 15.0. The molecule has 132 valence electrons. The fraction of sp³-hybridized carbons (Fsp3) is 0.650. The normalized spacial score (nSPS) is 24.3. The summed E-state index contributed by atoms with van der Waals surface area (Å²) in [5.41, 5.74) is 2.75. The topological polar surface area (TPSA) is 43.8 Å². The lowest BCUT2D eigenvalue weighted by molar-refractivity contribution is -0.134. The van der Waals surface area contributed by atoms with Gasteiger partial charge in [0.05, 0.1) is 6.10 Å². The van der Waals surface area contributed by atoms with Gasteiger partial charge in [0.1, 0.15) is 0 Å². The number of hydrogen-bond acceptors (Lipinski definition) is 3. The van der Waals surface area contributed by atoms with E-state index in [0.29, 0.717) is 6.42 Å². The molecule has 2 aliphatic heterocycles. The molecule has 1 N–H and O–H groups in total. The summed E-state index contributed by atoms with van der Waals surface area (Å²) in [6.07, 6.45) is 4.14. The maximum Gasteiger partial charge on any atom is 0.222 e. The standard InChI is InChI=1S/C20H30N2O2/c1-16-5-3-4-6-17(16)7-8-19(24)22-11-9-20(10-12-22)13-18(23)14-21(2)15-20/h3-6,18,23H,7-15H2,1-2H3. The van der Waals surface area contributed by atoms with Crippen molar-refractivity contribution in [2.24, 2.45) is 5.41 Å². The summed E-state index contributed by atoms with van der Waals surface area (Å²) in [5.74, 6) is 0.276. The van der Waals surface area contributed by atoms with Gasteiger partial charge in [0.15, 0.2) is 0 Å². The molecule has 1 unspecified atom stereocenters. The molecule has 3 rings (SSSR count). The number of aryl methyl sites for hydroxylation is 2. The molecule has 0 aliphatic carbocycles. The van der Waals surface area contributed by atoms with Gasteiger partial charge in [0, 0.05) is 32.6 Å². The van der Waals surface area contributed by atoms with E-state index in [4.69, 9.17) is 0 Å². The summed E-state index contributed by atoms with van der Waals surface area (Å²) in [4.78, 5) is 16.8. The number of β-amino-alcohol motifs (C(OH)–C–C–N with tert-alkyl or cyclic N) is 1. The van der Waals surface area contributed by atoms with E-state index in [9.17, 15) is 9.90 Å². The second kappa shape index (κ2) is 7.24. The number of likely N-dealkylation sites (N-methyl/N-ethyl adjacent to an activating group) is 1. The highest BCUT2D eigenvalue weighted by atomic mass is 16.3. The number of aliphatic hydroxyl groups is 1. The van der Waals surface area contributed by atoms with E-state index in [1.165, 1.54) is 11.1 Å². The van der Waals surface area contributed by atoms with Gasteiger partial charge in [-0.1, -0.05) is 24.3 Å². The second-order valence-electron chi connectivity index (χ2n) is 7.86. The lowest BCUT2D eigenvalue weighted by Gasteiger charge is -2.48. The highest BCUT2D eigenvalue weighted by Crippen LogP contribution is 2.39. The van der Waals surface area contributed by atoms with Crippen molar-refractivity contribution in [1.29, 1.82) is 0 Å². The molecular weight excluding hydrogens is 300 g/mol. The molecule has 0 radical (unpaired) electrons. The highest BCUT2D eigenvalue weighted by Gasteiger charge is 2.41. The van der Waals surface area contributed by atoms with E-state index < -0.39 is 0 Å². The Morgan fingerprint density at radius 3 is 2.67 bits per heavy atom. The van der Waals surface area contributed by atoms with Crippen LogP contribution in [-0.4, -0.2) is 60.1 Å². The molecule has 1 aromatic rings. The van der Waals surface area contributed by atoms with Gasteiger partial charge in [-0.15, -0.1) is 0 Å². The Kier molecular flexibility index (Phi) is 5.26. The zero-order valence-corrected chi connectivity index (χ0v) is 15.0. The third-order valence-corrected chi connectivity index (χ3v) is 5.84. The van der Waals surface area contributed by atoms with Crippen molar-refractivity contribution in [2.45, 2.75) is 45.1 Å². The van der Waals surface area contributed by atoms with Crippen LogP contribution in [0.4, 0.5) is 0 Å². The van der Waals surface area contributed by atoms with Crippen LogP contribution in [0.5, 0.6) is 0 Å². The molecule has 0 aromatic heterocycles. The molecule has 2 heterocycles. The molecule has 1 atom stereocenters. The van der Waals surface area contributed by atoms with E-state index in [2.05, 4.69) is 31.0 Å². The quantitative estimate of drug-likeness (QED) is 0.924. The van der Waals surface area contributed by atoms with Crippen molar-refractivity contribution >= 4 is 5.91 Å². The van der Waals surface area contributed by atoms with Gasteiger partial charge < -0.3 is 14.9 Å². The number of likely N-dealkylation sites (tertiary alicyclic amines) is 2. The minimum Gasteiger partial charge on any atom is -0.392 e. The van der Waals surface area contributed by atoms with Gasteiger partial charge in [-0.25, -0.2) is 0 Å². The Balaban J connectivity index is 1.51. The summed E-state index contributed by atoms with van der Waals surface area (Å²) in [6, 6.07) is 8.31. The number of carbonyl (C=O) groups is 1. The van der Waals surface area contributed by atoms with E-state index in [1.807, 2.05) is 17.0 Å². The first-order valence-electron chi connectivity index (χ1n) is 9.16. The van der Waals surface area contributed by atoms with Crippen LogP contribution in [0.2, 0.25) is 0 Å². The summed E-state index contributed by atoms with van der Waals surface area (Å²) >= 11 is 0. The van der Waals surface area contributed by atoms with Gasteiger partial charge in [-0.3, -0.25) is 4.79 Å². The fourth-order valence-corrected chi connectivity index (χ4v) is 4.51. The van der Waals surface area contributed by atoms with E-state index >= 15 is 0 Å². The van der Waals surface area contributed by atoms with Crippen LogP contribution in [0.3, 0.4) is 0 Å². The number of nitrogens with zero attached hydrogens (tertiary/aromatic N) is 2. The largest absolute Gasteiger partial charge is 0.392 e. The zero-order chi connectivity index (χ0) is 17.2. The maximum atomic E-state index is 12.5. The van der Waals surface area contributed by atoms with Gasteiger partial charge in [-0.2, -0.15) is 0 Å². The molecule has 0 saturated carbocycles. The summed E-state index contributed by atoms with van der Waals surface area (Å²) in [6.45, 7) is 5.62. The molecular formula is C20H30N2O2. The van der Waals surface area contributed by atoms with Gasteiger partial charge in [0.25, 0.3) is 0 Å². The molecule has 1 aromatic carbocycles. The number of aliphatic hydroxyl groups excluding tert-OH is 1. The Hall–Kier alpha value is -1.39. The number of piperidine rings is 2. The lowest BCUT2D eigenvalue weighted by Crippen LogP contribution is -2.53. The lowest BCUT2D eigenvalue weighted by atomic mass is 9.71. The second-order valence-corrected chi connectivity index (χ2v) is 7.86. The van der Waals surface area contributed by atoms with Crippen LogP contribution in [0.15, 0.2) is 24.3 Å². The van der Waals surface area contributed by atoms with Gasteiger partial charge >= 0.3 is 0 Å². The van der Waals surface area contributed by atoms with Crippen molar-refractivity contribution in [3.63, 3.8) is 0 Å². The molecule has 2 aliphatic rings. The molecule has 4 heteroatoms. The first-order valence-corrected chi connectivity index (χ1v) is 9.16. The van der Waals surface area contributed by atoms with Crippen LogP contribution < -0.4 is 0 Å². The van der Waals surface area contributed by atoms with Gasteiger partial charge in [0.2, 0.25) is 5.91 Å². The van der Waals surface area contributed by atoms with Crippen molar-refractivity contribution in [2.75, 3.05) is 33.2 Å². The molecule has 1 amide bonds. The third-order valence-electron chi connectivity index (χ3n) is 5.84. The Bertz CT molecular complexity index is 567. The molecule has 4 nitrogen and oxygen atoms in total. The van der Waals surface area contributed by atoms with Crippen LogP contribution >= 0.6 is 0 Å². The maximum absolute atomic E-state index is 12.5. The number of carbonyl (C=O) groups excluding carboxylic acids is 1. The average molecular weight is 330 g/mol. The van der Waals surface area contributed by atoms with Crippen molar-refractivity contribution in [1.82, 2.24) is 9.80 Å². The predicted octanol–water partition coefficient (Wildman–Crippen LogP) is 2.23. The SMILES string of the molecule is Cc1ccccc1CCC(=O)N1CCC2(CC1)CC(O)CN(C)C2. The number of amides is 1. The predicted molar refractivity (Wildman–Crippen MR) is 95.9 cm³/mol. The molecule has 24 heavy (non-hydrogen) atoms. The van der Waals surface area contributed by atoms with E-state index in [-0.39, 0.29) is 17.4 Å². The Labute approximate surface area is 145 Å². The van der Waals surface area contributed by atoms with Crippen molar-refractivity contribution < 1.29 is 9.90 Å². The molecule has 2 saturated heterocycles. The van der Waals surface area contributed by atoms with Crippen LogP contribution in [0.25, 0.3) is 0 Å². The Morgan fingerprint density at radius 2 is 2.00 bits per heavy atom. The third kappa shape index (κ3) is 3.98. The summed E-state index contributed by atoms with van der Waals surface area (Å²) in [7, 11) is 2.09. The van der Waals surface area contributed by atoms with Crippen molar-refractivity contribution in [3.8, 4) is 0 Å². The minimum absolute atomic E-state index is 0.208. The van der Waals surface area contributed by atoms with Crippen molar-refractivity contribution in [3.05, 3.63) is 35.4 Å². The minimum atomic E-state index is -0.216. The first kappa shape index (κ1) is 17.4. The van der Waals surface area contributed by atoms with E-state index in [1.54, 1.807) is 0 Å². The number of benzene rings is 1. The average Bonchev–Trinajstić information content (AvgIpc) is 2.53. The number of rotatable bonds is 3. The number of hydrogen-bond donors (Lipinski definition) is 1.